The van der Waals surface area contributed by atoms with Crippen LogP contribution >= 0.6 is 0 Å². The Bertz CT molecular complexity index is 1050. The van der Waals surface area contributed by atoms with Crippen LogP contribution < -0.4 is 4.74 Å². The monoisotopic (exact) mass is 571 g/mol. The number of carboxylic acid groups (broad SMARTS) is 2. The number of hydrogen-bond acceptors (Lipinski definition) is 8. The second kappa shape index (κ2) is 13.1. The van der Waals surface area contributed by atoms with Crippen LogP contribution in [0.1, 0.15) is 29.9 Å². The minimum absolute atomic E-state index is 0.0487. The molecule has 0 aromatic carbocycles. The zero-order valence-electron chi connectivity index (χ0n) is 20.9. The summed E-state index contributed by atoms with van der Waals surface area (Å²) < 4.78 is 80.9. The van der Waals surface area contributed by atoms with Gasteiger partial charge in [0.15, 0.2) is 0 Å². The van der Waals surface area contributed by atoms with Crippen molar-refractivity contribution in [2.45, 2.75) is 51.7 Å². The number of likely N-dealkylation sites (tertiary alicyclic amines) is 1. The molecular weight excluding hydrogens is 544 g/mol. The van der Waals surface area contributed by atoms with Crippen molar-refractivity contribution in [1.29, 1.82) is 0 Å². The first kappa shape index (κ1) is 31.8. The Kier molecular flexibility index (Phi) is 10.7. The number of nitrogens with zero attached hydrogens (tertiary/aromatic N) is 3. The number of aromatic nitrogens is 2. The standard InChI is InChI=1S/C19H25N3O3.2C2HF3O2/c1-14-17(15(2)25-21-14)11-22-8-5-18-19(12-22,6-9-23-18)13-24-16-4-3-7-20-10-16;2*3-2(4,5)1(6)7/h3-4,7,10,18H,5-6,8-9,11-13H2,1-2H3;2*(H,6,7)/t18-,19+;;/m1../s1. The van der Waals surface area contributed by atoms with E-state index in [-0.39, 0.29) is 11.5 Å². The number of carboxylic acids is 2. The van der Waals surface area contributed by atoms with E-state index in [0.717, 1.165) is 56.3 Å². The molecule has 2 saturated heterocycles. The van der Waals surface area contributed by atoms with Gasteiger partial charge in [-0.15, -0.1) is 0 Å². The quantitative estimate of drug-likeness (QED) is 0.507. The van der Waals surface area contributed by atoms with Crippen molar-refractivity contribution in [2.75, 3.05) is 26.3 Å². The van der Waals surface area contributed by atoms with Crippen LogP contribution in [0.3, 0.4) is 0 Å². The molecule has 2 aliphatic rings. The molecule has 2 atom stereocenters. The lowest BCUT2D eigenvalue weighted by molar-refractivity contribution is -0.193. The second-order valence-corrected chi connectivity index (χ2v) is 8.86. The maximum atomic E-state index is 10.6. The van der Waals surface area contributed by atoms with E-state index in [0.29, 0.717) is 6.61 Å². The van der Waals surface area contributed by atoms with Gasteiger partial charge in [0.2, 0.25) is 0 Å². The highest BCUT2D eigenvalue weighted by Gasteiger charge is 2.48. The maximum Gasteiger partial charge on any atom is 0.490 e. The minimum Gasteiger partial charge on any atom is -0.491 e. The molecule has 2 aliphatic heterocycles. The number of hydrogen-bond donors (Lipinski definition) is 2. The van der Waals surface area contributed by atoms with Gasteiger partial charge < -0.3 is 24.2 Å². The number of aliphatic carboxylic acids is 2. The Labute approximate surface area is 218 Å². The lowest BCUT2D eigenvalue weighted by Gasteiger charge is -2.43. The Morgan fingerprint density at radius 3 is 2.26 bits per heavy atom. The summed E-state index contributed by atoms with van der Waals surface area (Å²) in [6, 6.07) is 3.86. The van der Waals surface area contributed by atoms with E-state index in [1.54, 1.807) is 12.4 Å². The highest BCUT2D eigenvalue weighted by atomic mass is 19.4. The summed E-state index contributed by atoms with van der Waals surface area (Å²) >= 11 is 0. The summed E-state index contributed by atoms with van der Waals surface area (Å²) in [6.45, 7) is 8.37. The molecule has 4 heterocycles. The van der Waals surface area contributed by atoms with Crippen molar-refractivity contribution in [3.8, 4) is 5.75 Å². The molecule has 0 unspecified atom stereocenters. The van der Waals surface area contributed by atoms with Crippen molar-refractivity contribution >= 4 is 11.9 Å². The van der Waals surface area contributed by atoms with Crippen LogP contribution in [0.25, 0.3) is 0 Å². The molecule has 2 aromatic heterocycles. The molecular formula is C23H27F6N3O7. The van der Waals surface area contributed by atoms with Gasteiger partial charge in [-0.3, -0.25) is 9.88 Å². The average molecular weight is 571 g/mol. The number of aryl methyl sites for hydroxylation is 2. The summed E-state index contributed by atoms with van der Waals surface area (Å²) in [5.74, 6) is -3.77. The van der Waals surface area contributed by atoms with Crippen LogP contribution in [-0.2, 0) is 20.9 Å². The number of carbonyl (C=O) groups is 2. The van der Waals surface area contributed by atoms with Gasteiger partial charge in [-0.1, -0.05) is 5.16 Å². The van der Waals surface area contributed by atoms with E-state index in [1.807, 2.05) is 26.0 Å². The first-order valence-electron chi connectivity index (χ1n) is 11.4. The largest absolute Gasteiger partial charge is 0.491 e. The molecule has 0 spiro atoms. The number of fused-ring (bicyclic) bond motifs is 1. The van der Waals surface area contributed by atoms with Crippen LogP contribution in [0.15, 0.2) is 29.0 Å². The van der Waals surface area contributed by atoms with Crippen LogP contribution in [0.2, 0.25) is 0 Å². The van der Waals surface area contributed by atoms with Gasteiger partial charge in [0.1, 0.15) is 11.5 Å². The van der Waals surface area contributed by atoms with E-state index >= 15 is 0 Å². The normalized spacial score (nSPS) is 21.1. The van der Waals surface area contributed by atoms with Crippen molar-refractivity contribution in [2.24, 2.45) is 5.41 Å². The summed E-state index contributed by atoms with van der Waals surface area (Å²) in [5.41, 5.74) is 2.25. The number of piperidine rings is 1. The molecule has 0 bridgehead atoms. The smallest absolute Gasteiger partial charge is 0.490 e. The zero-order valence-corrected chi connectivity index (χ0v) is 20.9. The SMILES string of the molecule is Cc1noc(C)c1CN1CC[C@H]2OCC[C@@]2(COc2cccnc2)C1.O=C(O)C(F)(F)F.O=C(O)C(F)(F)F. The summed E-state index contributed by atoms with van der Waals surface area (Å²) in [4.78, 5) is 24.4. The van der Waals surface area contributed by atoms with E-state index in [2.05, 4.69) is 15.0 Å². The highest BCUT2D eigenvalue weighted by molar-refractivity contribution is 5.73. The third-order valence-electron chi connectivity index (χ3n) is 6.06. The van der Waals surface area contributed by atoms with Gasteiger partial charge in [0.25, 0.3) is 0 Å². The topological polar surface area (TPSA) is 135 Å². The lowest BCUT2D eigenvalue weighted by Crippen LogP contribution is -2.52. The van der Waals surface area contributed by atoms with E-state index < -0.39 is 24.3 Å². The fourth-order valence-corrected chi connectivity index (χ4v) is 4.09. The molecule has 2 N–H and O–H groups in total. The molecule has 0 radical (unpaired) electrons. The van der Waals surface area contributed by atoms with Gasteiger partial charge >= 0.3 is 24.3 Å². The Morgan fingerprint density at radius 2 is 1.77 bits per heavy atom. The molecule has 2 fully saturated rings. The molecule has 218 valence electrons. The Hall–Kier alpha value is -3.40. The highest BCUT2D eigenvalue weighted by Crippen LogP contribution is 2.41. The van der Waals surface area contributed by atoms with Gasteiger partial charge in [-0.2, -0.15) is 26.3 Å². The van der Waals surface area contributed by atoms with Crippen molar-refractivity contribution in [3.05, 3.63) is 41.5 Å². The molecule has 39 heavy (non-hydrogen) atoms. The maximum absolute atomic E-state index is 10.6. The zero-order chi connectivity index (χ0) is 29.4. The van der Waals surface area contributed by atoms with Crippen LogP contribution in [0.4, 0.5) is 26.3 Å². The number of halogens is 6. The van der Waals surface area contributed by atoms with E-state index in [9.17, 15) is 26.3 Å². The van der Waals surface area contributed by atoms with Crippen molar-refractivity contribution in [1.82, 2.24) is 15.0 Å². The van der Waals surface area contributed by atoms with Crippen molar-refractivity contribution < 1.29 is 60.1 Å². The van der Waals surface area contributed by atoms with Gasteiger partial charge in [-0.25, -0.2) is 9.59 Å². The van der Waals surface area contributed by atoms with Crippen molar-refractivity contribution in [3.63, 3.8) is 0 Å². The summed E-state index contributed by atoms with van der Waals surface area (Å²) in [7, 11) is 0. The first-order valence-corrected chi connectivity index (χ1v) is 11.4. The van der Waals surface area contributed by atoms with Crippen LogP contribution in [0, 0.1) is 19.3 Å². The molecule has 0 saturated carbocycles. The predicted molar refractivity (Wildman–Crippen MR) is 120 cm³/mol. The summed E-state index contributed by atoms with van der Waals surface area (Å²) in [6.07, 6.45) is -4.27. The fourth-order valence-electron chi connectivity index (χ4n) is 4.09. The number of alkyl halides is 6. The summed E-state index contributed by atoms with van der Waals surface area (Å²) in [5, 5.41) is 18.3. The van der Waals surface area contributed by atoms with Gasteiger partial charge in [0, 0.05) is 43.4 Å². The third-order valence-corrected chi connectivity index (χ3v) is 6.06. The number of rotatable bonds is 5. The van der Waals surface area contributed by atoms with Crippen LogP contribution in [0.5, 0.6) is 5.75 Å². The Balaban J connectivity index is 0.000000317. The molecule has 10 nitrogen and oxygen atoms in total. The molecule has 0 amide bonds. The fraction of sp³-hybridized carbons (Fsp3) is 0.565. The van der Waals surface area contributed by atoms with Crippen LogP contribution in [-0.4, -0.2) is 82.0 Å². The molecule has 4 rings (SSSR count). The number of pyridine rings is 1. The Morgan fingerprint density at radius 1 is 1.15 bits per heavy atom. The average Bonchev–Trinajstić information content (AvgIpc) is 3.41. The molecule has 16 heteroatoms. The lowest BCUT2D eigenvalue weighted by atomic mass is 9.77. The third kappa shape index (κ3) is 9.38. The van der Waals surface area contributed by atoms with Gasteiger partial charge in [-0.05, 0) is 38.8 Å². The molecule has 0 aliphatic carbocycles. The van der Waals surface area contributed by atoms with Gasteiger partial charge in [0.05, 0.1) is 24.6 Å². The predicted octanol–water partition coefficient (Wildman–Crippen LogP) is 4.01. The van der Waals surface area contributed by atoms with E-state index in [4.69, 9.17) is 33.8 Å². The number of ether oxygens (including phenoxy) is 2. The molecule has 2 aromatic rings. The second-order valence-electron chi connectivity index (χ2n) is 8.86. The minimum atomic E-state index is -5.08. The first-order chi connectivity index (χ1) is 18.0. The van der Waals surface area contributed by atoms with E-state index in [1.165, 1.54) is 5.56 Å².